The Morgan fingerprint density at radius 3 is 2.29 bits per heavy atom. The third kappa shape index (κ3) is 3.98. The number of carbonyl (C=O) groups excluding carboxylic acids is 1. The molecule has 1 atom stereocenters. The summed E-state index contributed by atoms with van der Waals surface area (Å²) in [6.07, 6.45) is 5.94. The largest absolute Gasteiger partial charge is 0.395 e. The van der Waals surface area contributed by atoms with Crippen LogP contribution in [-0.4, -0.2) is 35.1 Å². The summed E-state index contributed by atoms with van der Waals surface area (Å²) in [7, 11) is 0. The van der Waals surface area contributed by atoms with Crippen LogP contribution in [0.3, 0.4) is 0 Å². The SMILES string of the molecule is CC(C)C(C)C(=O)N(CCO)C1CCCCC1. The van der Waals surface area contributed by atoms with E-state index in [0.29, 0.717) is 18.5 Å². The predicted octanol–water partition coefficient (Wildman–Crippen LogP) is 2.43. The van der Waals surface area contributed by atoms with Crippen LogP contribution in [0.2, 0.25) is 0 Å². The molecular weight excluding hydrogens is 214 g/mol. The molecule has 1 amide bonds. The van der Waals surface area contributed by atoms with E-state index in [1.54, 1.807) is 0 Å². The summed E-state index contributed by atoms with van der Waals surface area (Å²) < 4.78 is 0. The molecule has 0 spiro atoms. The third-order valence-corrected chi connectivity index (χ3v) is 4.03. The normalized spacial score (nSPS) is 19.4. The first kappa shape index (κ1) is 14.5. The predicted molar refractivity (Wildman–Crippen MR) is 69.7 cm³/mol. The molecule has 3 heteroatoms. The van der Waals surface area contributed by atoms with Gasteiger partial charge < -0.3 is 10.0 Å². The van der Waals surface area contributed by atoms with Gasteiger partial charge in [-0.1, -0.05) is 40.0 Å². The number of rotatable bonds is 5. The molecule has 0 aromatic rings. The van der Waals surface area contributed by atoms with Gasteiger partial charge in [0.1, 0.15) is 0 Å². The Hall–Kier alpha value is -0.570. The molecule has 0 bridgehead atoms. The van der Waals surface area contributed by atoms with E-state index in [2.05, 4.69) is 13.8 Å². The van der Waals surface area contributed by atoms with Crippen molar-refractivity contribution in [2.75, 3.05) is 13.2 Å². The highest BCUT2D eigenvalue weighted by molar-refractivity contribution is 5.79. The summed E-state index contributed by atoms with van der Waals surface area (Å²) in [6, 6.07) is 0.365. The average Bonchev–Trinajstić information content (AvgIpc) is 2.35. The summed E-state index contributed by atoms with van der Waals surface area (Å²) in [6.45, 7) is 6.74. The molecular formula is C14H27NO2. The highest BCUT2D eigenvalue weighted by Crippen LogP contribution is 2.25. The minimum Gasteiger partial charge on any atom is -0.395 e. The van der Waals surface area contributed by atoms with Crippen molar-refractivity contribution in [2.45, 2.75) is 58.9 Å². The zero-order valence-electron chi connectivity index (χ0n) is 11.5. The van der Waals surface area contributed by atoms with E-state index in [1.807, 2.05) is 11.8 Å². The van der Waals surface area contributed by atoms with Crippen LogP contribution in [-0.2, 0) is 4.79 Å². The maximum absolute atomic E-state index is 12.4. The molecule has 1 unspecified atom stereocenters. The molecule has 0 aromatic heterocycles. The van der Waals surface area contributed by atoms with Gasteiger partial charge in [0, 0.05) is 18.5 Å². The van der Waals surface area contributed by atoms with Crippen LogP contribution in [0.1, 0.15) is 52.9 Å². The Kier molecular flexibility index (Phi) is 5.96. The van der Waals surface area contributed by atoms with Crippen molar-refractivity contribution >= 4 is 5.91 Å². The first-order valence-corrected chi connectivity index (χ1v) is 6.99. The monoisotopic (exact) mass is 241 g/mol. The third-order valence-electron chi connectivity index (χ3n) is 4.03. The molecule has 1 fully saturated rings. The Morgan fingerprint density at radius 1 is 1.24 bits per heavy atom. The number of aliphatic hydroxyl groups is 1. The zero-order valence-corrected chi connectivity index (χ0v) is 11.5. The molecule has 0 aliphatic heterocycles. The average molecular weight is 241 g/mol. The standard InChI is InChI=1S/C14H27NO2/c1-11(2)12(3)14(17)15(9-10-16)13-7-5-4-6-8-13/h11-13,16H,4-10H2,1-3H3. The van der Waals surface area contributed by atoms with Gasteiger partial charge in [0.15, 0.2) is 0 Å². The number of hydrogen-bond donors (Lipinski definition) is 1. The first-order valence-electron chi connectivity index (χ1n) is 6.99. The van der Waals surface area contributed by atoms with Crippen molar-refractivity contribution in [2.24, 2.45) is 11.8 Å². The van der Waals surface area contributed by atoms with Crippen LogP contribution in [0.25, 0.3) is 0 Å². The molecule has 1 aliphatic carbocycles. The number of hydrogen-bond acceptors (Lipinski definition) is 2. The molecule has 0 saturated heterocycles. The van der Waals surface area contributed by atoms with E-state index in [0.717, 1.165) is 12.8 Å². The second-order valence-corrected chi connectivity index (χ2v) is 5.58. The van der Waals surface area contributed by atoms with Crippen LogP contribution in [0.4, 0.5) is 0 Å². The number of amides is 1. The van der Waals surface area contributed by atoms with Crippen molar-refractivity contribution in [3.05, 3.63) is 0 Å². The number of carbonyl (C=O) groups is 1. The molecule has 1 rings (SSSR count). The van der Waals surface area contributed by atoms with Gasteiger partial charge in [0.2, 0.25) is 5.91 Å². The molecule has 0 heterocycles. The van der Waals surface area contributed by atoms with E-state index < -0.39 is 0 Å². The summed E-state index contributed by atoms with van der Waals surface area (Å²) in [4.78, 5) is 14.3. The number of nitrogens with zero attached hydrogens (tertiary/aromatic N) is 1. The van der Waals surface area contributed by atoms with Crippen molar-refractivity contribution in [3.8, 4) is 0 Å². The van der Waals surface area contributed by atoms with Crippen molar-refractivity contribution < 1.29 is 9.90 Å². The number of aliphatic hydroxyl groups excluding tert-OH is 1. The van der Waals surface area contributed by atoms with Gasteiger partial charge in [-0.2, -0.15) is 0 Å². The Balaban J connectivity index is 2.66. The van der Waals surface area contributed by atoms with Crippen LogP contribution in [0.5, 0.6) is 0 Å². The zero-order chi connectivity index (χ0) is 12.8. The fourth-order valence-electron chi connectivity index (χ4n) is 2.52. The van der Waals surface area contributed by atoms with E-state index in [9.17, 15) is 4.79 Å². The highest BCUT2D eigenvalue weighted by Gasteiger charge is 2.29. The molecule has 1 aliphatic rings. The van der Waals surface area contributed by atoms with E-state index >= 15 is 0 Å². The van der Waals surface area contributed by atoms with E-state index in [4.69, 9.17) is 5.11 Å². The van der Waals surface area contributed by atoms with Gasteiger partial charge in [-0.15, -0.1) is 0 Å². The van der Waals surface area contributed by atoms with Crippen molar-refractivity contribution in [1.29, 1.82) is 0 Å². The van der Waals surface area contributed by atoms with Gasteiger partial charge in [0.25, 0.3) is 0 Å². The van der Waals surface area contributed by atoms with Crippen molar-refractivity contribution in [1.82, 2.24) is 4.90 Å². The Morgan fingerprint density at radius 2 is 1.82 bits per heavy atom. The Labute approximate surface area is 105 Å². The maximum atomic E-state index is 12.4. The van der Waals surface area contributed by atoms with Crippen LogP contribution in [0, 0.1) is 11.8 Å². The van der Waals surface area contributed by atoms with Gasteiger partial charge in [-0.05, 0) is 18.8 Å². The summed E-state index contributed by atoms with van der Waals surface area (Å²) in [5.41, 5.74) is 0. The van der Waals surface area contributed by atoms with Gasteiger partial charge >= 0.3 is 0 Å². The fourth-order valence-corrected chi connectivity index (χ4v) is 2.52. The molecule has 1 saturated carbocycles. The van der Waals surface area contributed by atoms with E-state index in [-0.39, 0.29) is 18.4 Å². The van der Waals surface area contributed by atoms with Gasteiger partial charge in [-0.25, -0.2) is 0 Å². The maximum Gasteiger partial charge on any atom is 0.225 e. The lowest BCUT2D eigenvalue weighted by molar-refractivity contribution is -0.140. The molecule has 3 nitrogen and oxygen atoms in total. The quantitative estimate of drug-likeness (QED) is 0.803. The van der Waals surface area contributed by atoms with Gasteiger partial charge in [-0.3, -0.25) is 4.79 Å². The lowest BCUT2D eigenvalue weighted by atomic mass is 9.91. The highest BCUT2D eigenvalue weighted by atomic mass is 16.3. The second-order valence-electron chi connectivity index (χ2n) is 5.58. The minimum atomic E-state index is 0.0588. The molecule has 100 valence electrons. The van der Waals surface area contributed by atoms with E-state index in [1.165, 1.54) is 19.3 Å². The summed E-state index contributed by atoms with van der Waals surface area (Å²) >= 11 is 0. The molecule has 1 N–H and O–H groups in total. The fraction of sp³-hybridized carbons (Fsp3) is 0.929. The van der Waals surface area contributed by atoms with Crippen LogP contribution >= 0.6 is 0 Å². The van der Waals surface area contributed by atoms with Crippen LogP contribution < -0.4 is 0 Å². The lowest BCUT2D eigenvalue weighted by Gasteiger charge is -2.36. The Bertz CT molecular complexity index is 234. The minimum absolute atomic E-state index is 0.0588. The van der Waals surface area contributed by atoms with Crippen molar-refractivity contribution in [3.63, 3.8) is 0 Å². The molecule has 17 heavy (non-hydrogen) atoms. The van der Waals surface area contributed by atoms with Gasteiger partial charge in [0.05, 0.1) is 6.61 Å². The topological polar surface area (TPSA) is 40.5 Å². The smallest absolute Gasteiger partial charge is 0.225 e. The van der Waals surface area contributed by atoms with Crippen LogP contribution in [0.15, 0.2) is 0 Å². The first-order chi connectivity index (χ1) is 8.07. The summed E-state index contributed by atoms with van der Waals surface area (Å²) in [5.74, 6) is 0.650. The lowest BCUT2D eigenvalue weighted by Crippen LogP contribution is -2.46. The second kappa shape index (κ2) is 7.00. The molecule has 0 aromatic carbocycles. The molecule has 0 radical (unpaired) electrons. The summed E-state index contributed by atoms with van der Waals surface area (Å²) in [5, 5.41) is 9.14.